The minimum atomic E-state index is -0.717. The topological polar surface area (TPSA) is 75.4 Å². The third-order valence-corrected chi connectivity index (χ3v) is 3.42. The molecule has 0 aliphatic rings. The fourth-order valence-corrected chi connectivity index (χ4v) is 2.42. The summed E-state index contributed by atoms with van der Waals surface area (Å²) in [7, 11) is 1.69. The quantitative estimate of drug-likeness (QED) is 0.874. The number of likely N-dealkylation sites (N-methyl/N-ethyl adjacent to an activating group) is 1. The van der Waals surface area contributed by atoms with E-state index in [1.54, 1.807) is 18.0 Å². The average Bonchev–Trinajstić information content (AvgIpc) is 2.37. The maximum atomic E-state index is 12.1. The normalized spacial score (nSPS) is 12.1. The van der Waals surface area contributed by atoms with E-state index >= 15 is 0 Å². The Labute approximate surface area is 124 Å². The smallest absolute Gasteiger partial charge is 0.312 e. The molecule has 0 saturated carbocycles. The average molecular weight is 298 g/mol. The van der Waals surface area contributed by atoms with Gasteiger partial charge in [-0.2, -0.15) is 0 Å². The molecule has 0 fully saturated rings. The number of hydrogen-bond donors (Lipinski definition) is 2. The Hall–Kier alpha value is -1.75. The van der Waals surface area contributed by atoms with Crippen LogP contribution in [0.2, 0.25) is 5.02 Å². The molecule has 1 aromatic rings. The summed E-state index contributed by atoms with van der Waals surface area (Å²) in [6, 6.07) is 6.55. The summed E-state index contributed by atoms with van der Waals surface area (Å²) < 4.78 is 0. The first-order valence-electron chi connectivity index (χ1n) is 6.38. The number of halogens is 1. The van der Waals surface area contributed by atoms with Crippen LogP contribution < -0.4 is 11.1 Å². The molecule has 1 aromatic carbocycles. The third kappa shape index (κ3) is 4.13. The molecular weight excluding hydrogens is 278 g/mol. The lowest BCUT2D eigenvalue weighted by Crippen LogP contribution is -2.42. The standard InChI is InChI=1S/C14H20ClN3O2/c1-9(2)13(10-6-4-5-7-11(10)15)18(3)12(19)8-17-14(16)20/h4-7,9,13H,8H2,1-3H3,(H3,16,17,20)/t13-/m0/s1. The van der Waals surface area contributed by atoms with Gasteiger partial charge in [-0.25, -0.2) is 4.79 Å². The minimum Gasteiger partial charge on any atom is -0.352 e. The van der Waals surface area contributed by atoms with E-state index in [-0.39, 0.29) is 24.4 Å². The van der Waals surface area contributed by atoms with Crippen molar-refractivity contribution in [1.29, 1.82) is 0 Å². The van der Waals surface area contributed by atoms with Gasteiger partial charge < -0.3 is 16.0 Å². The maximum Gasteiger partial charge on any atom is 0.312 e. The number of amides is 3. The molecule has 0 bridgehead atoms. The van der Waals surface area contributed by atoms with Crippen molar-refractivity contribution in [1.82, 2.24) is 10.2 Å². The number of nitrogens with two attached hydrogens (primary N) is 1. The van der Waals surface area contributed by atoms with Gasteiger partial charge in [-0.05, 0) is 17.5 Å². The Morgan fingerprint density at radius 3 is 2.45 bits per heavy atom. The summed E-state index contributed by atoms with van der Waals surface area (Å²) in [5.74, 6) is -0.0418. The van der Waals surface area contributed by atoms with Crippen LogP contribution in [0.3, 0.4) is 0 Å². The highest BCUT2D eigenvalue weighted by Crippen LogP contribution is 2.32. The van der Waals surface area contributed by atoms with Gasteiger partial charge in [-0.1, -0.05) is 43.6 Å². The van der Waals surface area contributed by atoms with E-state index in [1.165, 1.54) is 0 Å². The first-order valence-corrected chi connectivity index (χ1v) is 6.75. The van der Waals surface area contributed by atoms with Crippen molar-refractivity contribution in [3.8, 4) is 0 Å². The van der Waals surface area contributed by atoms with Gasteiger partial charge in [-0.15, -0.1) is 0 Å². The molecule has 0 radical (unpaired) electrons. The van der Waals surface area contributed by atoms with Crippen molar-refractivity contribution in [2.45, 2.75) is 19.9 Å². The van der Waals surface area contributed by atoms with Crippen LogP contribution in [-0.4, -0.2) is 30.4 Å². The van der Waals surface area contributed by atoms with E-state index in [2.05, 4.69) is 5.32 Å². The zero-order valence-electron chi connectivity index (χ0n) is 11.9. The van der Waals surface area contributed by atoms with E-state index in [0.717, 1.165) is 5.56 Å². The molecule has 0 aliphatic carbocycles. The van der Waals surface area contributed by atoms with Gasteiger partial charge in [0, 0.05) is 12.1 Å². The number of urea groups is 1. The molecule has 5 nitrogen and oxygen atoms in total. The Morgan fingerprint density at radius 2 is 1.95 bits per heavy atom. The van der Waals surface area contributed by atoms with Crippen molar-refractivity contribution in [3.63, 3.8) is 0 Å². The molecule has 0 saturated heterocycles. The molecule has 3 amide bonds. The summed E-state index contributed by atoms with van der Waals surface area (Å²) in [4.78, 5) is 24.3. The highest BCUT2D eigenvalue weighted by molar-refractivity contribution is 6.31. The molecule has 6 heteroatoms. The molecular formula is C14H20ClN3O2. The summed E-state index contributed by atoms with van der Waals surface area (Å²) >= 11 is 6.21. The number of carbonyl (C=O) groups excluding carboxylic acids is 2. The maximum absolute atomic E-state index is 12.1. The van der Waals surface area contributed by atoms with Gasteiger partial charge in [0.15, 0.2) is 0 Å². The Balaban J connectivity index is 2.94. The molecule has 110 valence electrons. The molecule has 3 N–H and O–H groups in total. The van der Waals surface area contributed by atoms with Crippen molar-refractivity contribution in [2.24, 2.45) is 11.7 Å². The SMILES string of the molecule is CC(C)[C@@H](c1ccccc1Cl)N(C)C(=O)CNC(N)=O. The fraction of sp³-hybridized carbons (Fsp3) is 0.429. The van der Waals surface area contributed by atoms with E-state index in [0.29, 0.717) is 5.02 Å². The van der Waals surface area contributed by atoms with Crippen molar-refractivity contribution in [2.75, 3.05) is 13.6 Å². The first-order chi connectivity index (χ1) is 9.34. The zero-order chi connectivity index (χ0) is 15.3. The zero-order valence-corrected chi connectivity index (χ0v) is 12.6. The van der Waals surface area contributed by atoms with Gasteiger partial charge in [-0.3, -0.25) is 4.79 Å². The molecule has 20 heavy (non-hydrogen) atoms. The Kier molecular flexibility index (Phi) is 5.82. The Bertz CT molecular complexity index is 491. The second-order valence-electron chi connectivity index (χ2n) is 4.93. The van der Waals surface area contributed by atoms with Gasteiger partial charge in [0.1, 0.15) is 0 Å². The van der Waals surface area contributed by atoms with Crippen LogP contribution in [0, 0.1) is 5.92 Å². The minimum absolute atomic E-state index is 0.125. The number of nitrogens with one attached hydrogen (secondary N) is 1. The highest BCUT2D eigenvalue weighted by atomic mass is 35.5. The predicted molar refractivity (Wildman–Crippen MR) is 79.4 cm³/mol. The number of primary amides is 1. The molecule has 1 atom stereocenters. The van der Waals surface area contributed by atoms with Gasteiger partial charge in [0.05, 0.1) is 12.6 Å². The van der Waals surface area contributed by atoms with Crippen LogP contribution in [0.1, 0.15) is 25.5 Å². The third-order valence-electron chi connectivity index (χ3n) is 3.08. The van der Waals surface area contributed by atoms with Crippen LogP contribution in [0.5, 0.6) is 0 Å². The van der Waals surface area contributed by atoms with Crippen LogP contribution in [0.4, 0.5) is 4.79 Å². The number of hydrogen-bond acceptors (Lipinski definition) is 2. The van der Waals surface area contributed by atoms with Crippen molar-refractivity contribution < 1.29 is 9.59 Å². The van der Waals surface area contributed by atoms with Gasteiger partial charge in [0.25, 0.3) is 0 Å². The fourth-order valence-electron chi connectivity index (χ4n) is 2.17. The number of rotatable bonds is 5. The van der Waals surface area contributed by atoms with E-state index in [4.69, 9.17) is 17.3 Å². The molecule has 1 rings (SSSR count). The van der Waals surface area contributed by atoms with E-state index in [1.807, 2.05) is 32.0 Å². The van der Waals surface area contributed by atoms with E-state index < -0.39 is 6.03 Å². The summed E-state index contributed by atoms with van der Waals surface area (Å²) in [6.45, 7) is 3.90. The number of benzene rings is 1. The van der Waals surface area contributed by atoms with Crippen molar-refractivity contribution >= 4 is 23.5 Å². The van der Waals surface area contributed by atoms with E-state index in [9.17, 15) is 9.59 Å². The second-order valence-corrected chi connectivity index (χ2v) is 5.34. The molecule has 0 aliphatic heterocycles. The second kappa shape index (κ2) is 7.14. The van der Waals surface area contributed by atoms with Crippen LogP contribution in [0.15, 0.2) is 24.3 Å². The summed E-state index contributed by atoms with van der Waals surface area (Å²) in [6.07, 6.45) is 0. The number of nitrogens with zero attached hydrogens (tertiary/aromatic N) is 1. The molecule has 0 heterocycles. The van der Waals surface area contributed by atoms with Crippen LogP contribution in [0.25, 0.3) is 0 Å². The Morgan fingerprint density at radius 1 is 1.35 bits per heavy atom. The van der Waals surface area contributed by atoms with Crippen molar-refractivity contribution in [3.05, 3.63) is 34.9 Å². The summed E-state index contributed by atoms with van der Waals surface area (Å²) in [5, 5.41) is 2.92. The monoisotopic (exact) mass is 297 g/mol. The molecule has 0 spiro atoms. The first kappa shape index (κ1) is 16.3. The van der Waals surface area contributed by atoms with Crippen LogP contribution in [-0.2, 0) is 4.79 Å². The van der Waals surface area contributed by atoms with Crippen LogP contribution >= 0.6 is 11.6 Å². The lowest BCUT2D eigenvalue weighted by molar-refractivity contribution is -0.131. The van der Waals surface area contributed by atoms with Gasteiger partial charge >= 0.3 is 6.03 Å². The number of carbonyl (C=O) groups is 2. The predicted octanol–water partition coefficient (Wildman–Crippen LogP) is 2.16. The van der Waals surface area contributed by atoms with Gasteiger partial charge in [0.2, 0.25) is 5.91 Å². The summed E-state index contributed by atoms with van der Waals surface area (Å²) in [5.41, 5.74) is 5.86. The molecule has 0 unspecified atom stereocenters. The lowest BCUT2D eigenvalue weighted by atomic mass is 9.94. The highest BCUT2D eigenvalue weighted by Gasteiger charge is 2.26. The largest absolute Gasteiger partial charge is 0.352 e. The molecule has 0 aromatic heterocycles. The lowest BCUT2D eigenvalue weighted by Gasteiger charge is -2.32.